The standard InChI is InChI=1S/C16H29N3O2S/c17-14-12-16(14)10-13(11-16)18-22(20,21)19-8-6-15(7-9-19)4-2-1-3-5-15/h13-14,18H,1-12,17H2. The van der Waals surface area contributed by atoms with Gasteiger partial charge in [-0.3, -0.25) is 0 Å². The Morgan fingerprint density at radius 3 is 2.09 bits per heavy atom. The maximum atomic E-state index is 12.6. The molecule has 22 heavy (non-hydrogen) atoms. The van der Waals surface area contributed by atoms with Crippen LogP contribution in [0.1, 0.15) is 64.2 Å². The second kappa shape index (κ2) is 5.16. The Morgan fingerprint density at radius 2 is 1.55 bits per heavy atom. The van der Waals surface area contributed by atoms with Crippen LogP contribution in [0.4, 0.5) is 0 Å². The van der Waals surface area contributed by atoms with E-state index in [0.29, 0.717) is 30.0 Å². The molecule has 1 heterocycles. The number of nitrogens with one attached hydrogen (secondary N) is 1. The molecule has 0 bridgehead atoms. The Labute approximate surface area is 134 Å². The molecule has 5 nitrogen and oxygen atoms in total. The van der Waals surface area contributed by atoms with E-state index < -0.39 is 10.2 Å². The summed E-state index contributed by atoms with van der Waals surface area (Å²) in [7, 11) is -3.30. The van der Waals surface area contributed by atoms with Crippen molar-refractivity contribution in [3.8, 4) is 0 Å². The minimum absolute atomic E-state index is 0.115. The van der Waals surface area contributed by atoms with Crippen LogP contribution in [-0.4, -0.2) is 37.9 Å². The predicted octanol–water partition coefficient (Wildman–Crippen LogP) is 1.75. The summed E-state index contributed by atoms with van der Waals surface area (Å²) in [6.45, 7) is 1.40. The van der Waals surface area contributed by atoms with Crippen molar-refractivity contribution in [2.24, 2.45) is 16.6 Å². The monoisotopic (exact) mass is 327 g/mol. The molecule has 0 aromatic carbocycles. The van der Waals surface area contributed by atoms with E-state index in [1.165, 1.54) is 32.1 Å². The third-order valence-corrected chi connectivity index (χ3v) is 8.59. The number of rotatable bonds is 3. The van der Waals surface area contributed by atoms with Gasteiger partial charge in [-0.1, -0.05) is 19.3 Å². The average Bonchev–Trinajstić information content (AvgIpc) is 3.11. The Balaban J connectivity index is 1.30. The molecular formula is C16H29N3O2S. The average molecular weight is 327 g/mol. The van der Waals surface area contributed by atoms with Gasteiger partial charge in [0.05, 0.1) is 0 Å². The smallest absolute Gasteiger partial charge is 0.279 e. The first-order chi connectivity index (χ1) is 10.4. The summed E-state index contributed by atoms with van der Waals surface area (Å²) in [5, 5.41) is 0. The Hall–Kier alpha value is -0.170. The fraction of sp³-hybridized carbons (Fsp3) is 1.00. The van der Waals surface area contributed by atoms with Gasteiger partial charge in [-0.05, 0) is 55.8 Å². The first kappa shape index (κ1) is 15.4. The minimum Gasteiger partial charge on any atom is -0.327 e. The zero-order valence-electron chi connectivity index (χ0n) is 13.4. The molecule has 0 amide bonds. The molecule has 0 aromatic rings. The molecule has 0 aromatic heterocycles. The highest BCUT2D eigenvalue weighted by molar-refractivity contribution is 7.87. The van der Waals surface area contributed by atoms with Crippen LogP contribution < -0.4 is 10.5 Å². The van der Waals surface area contributed by atoms with Crippen LogP contribution in [-0.2, 0) is 10.2 Å². The van der Waals surface area contributed by atoms with Gasteiger partial charge in [-0.15, -0.1) is 0 Å². The summed E-state index contributed by atoms with van der Waals surface area (Å²) < 4.78 is 29.7. The molecular weight excluding hydrogens is 298 g/mol. The molecule has 1 aliphatic heterocycles. The summed E-state index contributed by atoms with van der Waals surface area (Å²) >= 11 is 0. The normalized spacial score (nSPS) is 41.5. The number of nitrogens with zero attached hydrogens (tertiary/aromatic N) is 1. The van der Waals surface area contributed by atoms with E-state index >= 15 is 0 Å². The van der Waals surface area contributed by atoms with Crippen molar-refractivity contribution in [2.75, 3.05) is 13.1 Å². The molecule has 3 saturated carbocycles. The van der Waals surface area contributed by atoms with Crippen LogP contribution in [0.2, 0.25) is 0 Å². The summed E-state index contributed by atoms with van der Waals surface area (Å²) in [4.78, 5) is 0. The fourth-order valence-electron chi connectivity index (χ4n) is 5.14. The van der Waals surface area contributed by atoms with Crippen molar-refractivity contribution in [3.63, 3.8) is 0 Å². The lowest BCUT2D eigenvalue weighted by molar-refractivity contribution is 0.101. The molecule has 4 aliphatic rings. The van der Waals surface area contributed by atoms with Crippen LogP contribution in [0, 0.1) is 10.8 Å². The number of hydrogen-bond acceptors (Lipinski definition) is 3. The zero-order valence-corrected chi connectivity index (χ0v) is 14.2. The number of piperidine rings is 1. The molecule has 6 heteroatoms. The largest absolute Gasteiger partial charge is 0.327 e. The van der Waals surface area contributed by atoms with Crippen molar-refractivity contribution < 1.29 is 8.42 Å². The van der Waals surface area contributed by atoms with Gasteiger partial charge in [0.2, 0.25) is 0 Å². The Morgan fingerprint density at radius 1 is 0.955 bits per heavy atom. The highest BCUT2D eigenvalue weighted by atomic mass is 32.2. The summed E-state index contributed by atoms with van der Waals surface area (Å²) in [6, 6.07) is 0.429. The van der Waals surface area contributed by atoms with Crippen molar-refractivity contribution in [1.29, 1.82) is 0 Å². The molecule has 2 spiro atoms. The predicted molar refractivity (Wildman–Crippen MR) is 86.4 cm³/mol. The number of hydrogen-bond donors (Lipinski definition) is 2. The zero-order chi connectivity index (χ0) is 15.4. The van der Waals surface area contributed by atoms with Crippen molar-refractivity contribution in [1.82, 2.24) is 9.03 Å². The summed E-state index contributed by atoms with van der Waals surface area (Å²) in [6.07, 6.45) is 11.7. The molecule has 4 fully saturated rings. The fourth-order valence-corrected chi connectivity index (χ4v) is 6.54. The van der Waals surface area contributed by atoms with Gasteiger partial charge in [-0.2, -0.15) is 17.4 Å². The van der Waals surface area contributed by atoms with E-state index in [0.717, 1.165) is 32.1 Å². The molecule has 3 N–H and O–H groups in total. The van der Waals surface area contributed by atoms with Gasteiger partial charge >= 0.3 is 0 Å². The van der Waals surface area contributed by atoms with E-state index in [4.69, 9.17) is 5.73 Å². The third kappa shape index (κ3) is 2.62. The lowest BCUT2D eigenvalue weighted by Crippen LogP contribution is -2.54. The van der Waals surface area contributed by atoms with E-state index in [-0.39, 0.29) is 6.04 Å². The molecule has 1 atom stereocenters. The van der Waals surface area contributed by atoms with Crippen LogP contribution in [0.25, 0.3) is 0 Å². The Bertz CT molecular complexity index is 526. The second-order valence-corrected chi connectivity index (χ2v) is 10.1. The summed E-state index contributed by atoms with van der Waals surface area (Å²) in [5.74, 6) is 0. The van der Waals surface area contributed by atoms with Gasteiger partial charge in [0.25, 0.3) is 10.2 Å². The minimum atomic E-state index is -3.30. The molecule has 1 unspecified atom stereocenters. The molecule has 126 valence electrons. The maximum absolute atomic E-state index is 12.6. The van der Waals surface area contributed by atoms with Crippen molar-refractivity contribution in [2.45, 2.75) is 76.3 Å². The first-order valence-electron chi connectivity index (χ1n) is 8.96. The van der Waals surface area contributed by atoms with Crippen LogP contribution in [0.5, 0.6) is 0 Å². The quantitative estimate of drug-likeness (QED) is 0.829. The lowest BCUT2D eigenvalue weighted by Gasteiger charge is -2.44. The SMILES string of the molecule is NC1CC12CC(NS(=O)(=O)N1CCC3(CCCCC3)CC1)C2. The van der Waals surface area contributed by atoms with Gasteiger partial charge < -0.3 is 5.73 Å². The van der Waals surface area contributed by atoms with E-state index in [2.05, 4.69) is 4.72 Å². The third-order valence-electron chi connectivity index (χ3n) is 6.91. The lowest BCUT2D eigenvalue weighted by atomic mass is 9.68. The second-order valence-electron chi connectivity index (χ2n) is 8.36. The summed E-state index contributed by atoms with van der Waals surface area (Å²) in [5.41, 5.74) is 6.67. The Kier molecular flexibility index (Phi) is 3.61. The van der Waals surface area contributed by atoms with Crippen molar-refractivity contribution in [3.05, 3.63) is 0 Å². The topological polar surface area (TPSA) is 75.4 Å². The van der Waals surface area contributed by atoms with Gasteiger partial charge in [-0.25, -0.2) is 0 Å². The first-order valence-corrected chi connectivity index (χ1v) is 10.4. The molecule has 3 aliphatic carbocycles. The number of nitrogens with two attached hydrogens (primary N) is 1. The molecule has 1 saturated heterocycles. The highest BCUT2D eigenvalue weighted by Crippen LogP contribution is 2.59. The van der Waals surface area contributed by atoms with E-state index in [1.807, 2.05) is 0 Å². The van der Waals surface area contributed by atoms with Crippen LogP contribution in [0.15, 0.2) is 0 Å². The van der Waals surface area contributed by atoms with Crippen molar-refractivity contribution >= 4 is 10.2 Å². The maximum Gasteiger partial charge on any atom is 0.279 e. The highest BCUT2D eigenvalue weighted by Gasteiger charge is 2.60. The van der Waals surface area contributed by atoms with Gasteiger partial charge in [0.1, 0.15) is 0 Å². The van der Waals surface area contributed by atoms with Crippen LogP contribution in [0.3, 0.4) is 0 Å². The van der Waals surface area contributed by atoms with E-state index in [9.17, 15) is 8.42 Å². The van der Waals surface area contributed by atoms with E-state index in [1.54, 1.807) is 4.31 Å². The van der Waals surface area contributed by atoms with Gasteiger partial charge in [0, 0.05) is 25.2 Å². The van der Waals surface area contributed by atoms with Crippen LogP contribution >= 0.6 is 0 Å². The molecule has 0 radical (unpaired) electrons. The molecule has 4 rings (SSSR count). The van der Waals surface area contributed by atoms with Gasteiger partial charge in [0.15, 0.2) is 0 Å².